The highest BCUT2D eigenvalue weighted by molar-refractivity contribution is 5.99. The molecule has 0 radical (unpaired) electrons. The molecule has 0 heterocycles. The molecule has 0 unspecified atom stereocenters. The van der Waals surface area contributed by atoms with Crippen molar-refractivity contribution in [3.8, 4) is 0 Å². The molecule has 0 bridgehead atoms. The molecule has 0 amide bonds. The Hall–Kier alpha value is -2.41. The molecule has 0 atom stereocenters. The van der Waals surface area contributed by atoms with Crippen molar-refractivity contribution in [3.63, 3.8) is 0 Å². The van der Waals surface area contributed by atoms with Crippen LogP contribution in [-0.4, -0.2) is 5.71 Å². The van der Waals surface area contributed by atoms with Gasteiger partial charge in [0, 0.05) is 11.4 Å². The van der Waals surface area contributed by atoms with Gasteiger partial charge in [0.05, 0.1) is 0 Å². The third-order valence-electron chi connectivity index (χ3n) is 7.03. The SMILES string of the molecule is C=C(C)c1c(C)cccc1CC.CC(=NC(CCC1CCCCC1)=C(C)C)c1ccc(C)cc1. The van der Waals surface area contributed by atoms with Gasteiger partial charge in [0.2, 0.25) is 0 Å². The van der Waals surface area contributed by atoms with Gasteiger partial charge in [-0.2, -0.15) is 0 Å². The first-order valence-electron chi connectivity index (χ1n) is 13.3. The van der Waals surface area contributed by atoms with Crippen molar-refractivity contribution in [1.82, 2.24) is 0 Å². The highest BCUT2D eigenvalue weighted by Gasteiger charge is 2.14. The Morgan fingerprint density at radius 1 is 0.912 bits per heavy atom. The number of hydrogen-bond acceptors (Lipinski definition) is 1. The highest BCUT2D eigenvalue weighted by Crippen LogP contribution is 2.29. The Morgan fingerprint density at radius 2 is 1.56 bits per heavy atom. The minimum absolute atomic E-state index is 0.929. The first-order valence-corrected chi connectivity index (χ1v) is 13.3. The maximum atomic E-state index is 4.96. The lowest BCUT2D eigenvalue weighted by molar-refractivity contribution is 0.338. The lowest BCUT2D eigenvalue weighted by atomic mass is 9.85. The average molecular weight is 458 g/mol. The number of allylic oxidation sites excluding steroid dienone is 3. The molecule has 2 aromatic carbocycles. The number of aliphatic imine (C=N–C) groups is 1. The predicted octanol–water partition coefficient (Wildman–Crippen LogP) is 10.0. The summed E-state index contributed by atoms with van der Waals surface area (Å²) in [6, 6.07) is 15.1. The summed E-state index contributed by atoms with van der Waals surface area (Å²) in [6.07, 6.45) is 10.7. The number of nitrogens with zero attached hydrogens (tertiary/aromatic N) is 1. The van der Waals surface area contributed by atoms with Crippen molar-refractivity contribution in [1.29, 1.82) is 0 Å². The molecule has 0 aliphatic heterocycles. The summed E-state index contributed by atoms with van der Waals surface area (Å²) in [5.74, 6) is 0.929. The summed E-state index contributed by atoms with van der Waals surface area (Å²) >= 11 is 0. The lowest BCUT2D eigenvalue weighted by Gasteiger charge is -2.21. The summed E-state index contributed by atoms with van der Waals surface area (Å²) in [4.78, 5) is 4.96. The van der Waals surface area contributed by atoms with Gasteiger partial charge in [0.1, 0.15) is 0 Å². The molecule has 1 saturated carbocycles. The molecule has 184 valence electrons. The fraction of sp³-hybridized carbons (Fsp3) is 0.485. The highest BCUT2D eigenvalue weighted by atomic mass is 14.8. The van der Waals surface area contributed by atoms with Crippen molar-refractivity contribution < 1.29 is 0 Å². The second kappa shape index (κ2) is 14.1. The third-order valence-corrected chi connectivity index (χ3v) is 7.03. The van der Waals surface area contributed by atoms with Crippen LogP contribution in [0.5, 0.6) is 0 Å². The first kappa shape index (κ1) is 27.8. The fourth-order valence-electron chi connectivity index (χ4n) is 4.93. The predicted molar refractivity (Wildman–Crippen MR) is 153 cm³/mol. The van der Waals surface area contributed by atoms with E-state index >= 15 is 0 Å². The van der Waals surface area contributed by atoms with Crippen LogP contribution in [0, 0.1) is 19.8 Å². The summed E-state index contributed by atoms with van der Waals surface area (Å²) < 4.78 is 0. The largest absolute Gasteiger partial charge is 0.258 e. The number of benzene rings is 2. The van der Waals surface area contributed by atoms with Crippen LogP contribution in [-0.2, 0) is 6.42 Å². The van der Waals surface area contributed by atoms with Crippen molar-refractivity contribution in [2.75, 3.05) is 0 Å². The van der Waals surface area contributed by atoms with Crippen LogP contribution in [0.2, 0.25) is 0 Å². The van der Waals surface area contributed by atoms with Crippen molar-refractivity contribution >= 4 is 11.3 Å². The van der Waals surface area contributed by atoms with Crippen LogP contribution in [0.25, 0.3) is 5.57 Å². The Labute approximate surface area is 210 Å². The first-order chi connectivity index (χ1) is 16.2. The Kier molecular flexibility index (Phi) is 11.5. The van der Waals surface area contributed by atoms with Crippen molar-refractivity contribution in [2.24, 2.45) is 10.9 Å². The molecule has 1 aliphatic carbocycles. The van der Waals surface area contributed by atoms with Crippen LogP contribution in [0.3, 0.4) is 0 Å². The van der Waals surface area contributed by atoms with Gasteiger partial charge in [-0.15, -0.1) is 0 Å². The third kappa shape index (κ3) is 8.75. The van der Waals surface area contributed by atoms with Gasteiger partial charge in [-0.3, -0.25) is 4.99 Å². The molecule has 34 heavy (non-hydrogen) atoms. The van der Waals surface area contributed by atoms with Crippen LogP contribution in [0.15, 0.2) is 65.3 Å². The number of hydrogen-bond donors (Lipinski definition) is 0. The number of aryl methyl sites for hydroxylation is 3. The van der Waals surface area contributed by atoms with Gasteiger partial charge in [-0.1, -0.05) is 105 Å². The lowest BCUT2D eigenvalue weighted by Crippen LogP contribution is -2.06. The van der Waals surface area contributed by atoms with Crippen LogP contribution in [0.4, 0.5) is 0 Å². The van der Waals surface area contributed by atoms with E-state index in [1.807, 2.05) is 0 Å². The summed E-state index contributed by atoms with van der Waals surface area (Å²) in [7, 11) is 0. The van der Waals surface area contributed by atoms with Gasteiger partial charge < -0.3 is 0 Å². The maximum Gasteiger partial charge on any atom is 0.0448 e. The molecular weight excluding hydrogens is 410 g/mol. The smallest absolute Gasteiger partial charge is 0.0448 e. The molecule has 0 N–H and O–H groups in total. The zero-order chi connectivity index (χ0) is 25.1. The summed E-state index contributed by atoms with van der Waals surface area (Å²) in [5.41, 5.74) is 11.6. The van der Waals surface area contributed by atoms with Gasteiger partial charge in [0.15, 0.2) is 0 Å². The van der Waals surface area contributed by atoms with E-state index < -0.39 is 0 Å². The van der Waals surface area contributed by atoms with Crippen LogP contribution < -0.4 is 0 Å². The van der Waals surface area contributed by atoms with E-state index in [1.54, 1.807) is 0 Å². The minimum atomic E-state index is 0.929. The number of rotatable bonds is 7. The average Bonchev–Trinajstić information content (AvgIpc) is 2.82. The molecule has 1 aliphatic rings. The Morgan fingerprint density at radius 3 is 2.09 bits per heavy atom. The molecule has 0 aromatic heterocycles. The van der Waals surface area contributed by atoms with Gasteiger partial charge in [0.25, 0.3) is 0 Å². The van der Waals surface area contributed by atoms with E-state index in [1.165, 1.54) is 83.2 Å². The molecule has 1 nitrogen and oxygen atoms in total. The monoisotopic (exact) mass is 457 g/mol. The molecular formula is C33H47N. The summed E-state index contributed by atoms with van der Waals surface area (Å²) in [6.45, 7) is 19.0. The molecule has 1 heteroatoms. The molecule has 3 rings (SSSR count). The van der Waals surface area contributed by atoms with E-state index in [0.717, 1.165) is 24.5 Å². The second-order valence-corrected chi connectivity index (χ2v) is 10.3. The molecule has 0 saturated heterocycles. The molecule has 2 aromatic rings. The zero-order valence-corrected chi connectivity index (χ0v) is 22.9. The van der Waals surface area contributed by atoms with Gasteiger partial charge >= 0.3 is 0 Å². The summed E-state index contributed by atoms with van der Waals surface area (Å²) in [5, 5.41) is 0. The fourth-order valence-corrected chi connectivity index (χ4v) is 4.93. The molecule has 0 spiro atoms. The van der Waals surface area contributed by atoms with E-state index in [-0.39, 0.29) is 0 Å². The van der Waals surface area contributed by atoms with E-state index in [0.29, 0.717) is 0 Å². The van der Waals surface area contributed by atoms with Gasteiger partial charge in [-0.25, -0.2) is 0 Å². The quantitative estimate of drug-likeness (QED) is 0.367. The Balaban J connectivity index is 0.000000287. The topological polar surface area (TPSA) is 12.4 Å². The van der Waals surface area contributed by atoms with Gasteiger partial charge in [-0.05, 0) is 89.0 Å². The van der Waals surface area contributed by atoms with Crippen LogP contribution >= 0.6 is 0 Å². The van der Waals surface area contributed by atoms with E-state index in [2.05, 4.69) is 97.5 Å². The van der Waals surface area contributed by atoms with Crippen LogP contribution in [0.1, 0.15) is 107 Å². The normalized spacial score (nSPS) is 14.3. The van der Waals surface area contributed by atoms with E-state index in [4.69, 9.17) is 4.99 Å². The minimum Gasteiger partial charge on any atom is -0.258 e. The van der Waals surface area contributed by atoms with Crippen molar-refractivity contribution in [2.45, 2.75) is 99.8 Å². The second-order valence-electron chi connectivity index (χ2n) is 10.3. The standard InChI is InChI=1S/C21H31N.C12H16/c1-16(2)21(15-12-19-8-6-5-7-9-19)22-18(4)20-13-10-17(3)11-14-20;1-5-11-8-6-7-10(4)12(11)9(2)3/h10-11,13-14,19H,5-9,12,15H2,1-4H3;6-8H,2,5H2,1,3-4H3. The molecule has 1 fully saturated rings. The Bertz CT molecular complexity index is 978. The zero-order valence-electron chi connectivity index (χ0n) is 22.9. The maximum absolute atomic E-state index is 4.96. The van der Waals surface area contributed by atoms with E-state index in [9.17, 15) is 0 Å². The van der Waals surface area contributed by atoms with Crippen molar-refractivity contribution in [3.05, 3.63) is 88.1 Å².